The quantitative estimate of drug-likeness (QED) is 0.739. The highest BCUT2D eigenvalue weighted by Crippen LogP contribution is 2.23. The number of carbonyl (C=O) groups excluding carboxylic acids is 2. The monoisotopic (exact) mass is 261 g/mol. The van der Waals surface area contributed by atoms with Gasteiger partial charge in [0, 0.05) is 6.26 Å². The first-order valence-corrected chi connectivity index (χ1v) is 6.39. The fourth-order valence-electron chi connectivity index (χ4n) is 1.27. The molecule has 1 aromatic heterocycles. The van der Waals surface area contributed by atoms with Crippen LogP contribution >= 0.6 is 0 Å². The van der Waals surface area contributed by atoms with Gasteiger partial charge in [-0.15, -0.1) is 0 Å². The smallest absolute Gasteiger partial charge is 0.373 e. The van der Waals surface area contributed by atoms with E-state index in [2.05, 4.69) is 4.74 Å². The maximum absolute atomic E-state index is 11.3. The predicted octanol–water partition coefficient (Wildman–Crippen LogP) is -0.363. The van der Waals surface area contributed by atoms with Crippen molar-refractivity contribution in [1.82, 2.24) is 0 Å². The Balaban J connectivity index is 3.19. The second-order valence-corrected chi connectivity index (χ2v) is 5.44. The van der Waals surface area contributed by atoms with Gasteiger partial charge in [0.1, 0.15) is 5.76 Å². The Kier molecular flexibility index (Phi) is 3.56. The van der Waals surface area contributed by atoms with E-state index in [9.17, 15) is 18.0 Å². The number of esters is 1. The van der Waals surface area contributed by atoms with Gasteiger partial charge in [-0.25, -0.2) is 13.2 Å². The minimum Gasteiger partial charge on any atom is -0.463 e. The molecule has 1 amide bonds. The molecule has 0 aliphatic rings. The summed E-state index contributed by atoms with van der Waals surface area (Å²) in [4.78, 5) is 22.1. The average molecular weight is 261 g/mol. The molecule has 17 heavy (non-hydrogen) atoms. The van der Waals surface area contributed by atoms with Crippen LogP contribution in [0.3, 0.4) is 0 Å². The van der Waals surface area contributed by atoms with Crippen LogP contribution in [0.5, 0.6) is 0 Å². The maximum Gasteiger partial charge on any atom is 0.373 e. The Morgan fingerprint density at radius 1 is 1.41 bits per heavy atom. The van der Waals surface area contributed by atoms with E-state index in [0.29, 0.717) is 0 Å². The molecule has 8 heteroatoms. The van der Waals surface area contributed by atoms with Gasteiger partial charge in [-0.3, -0.25) is 4.79 Å². The molecule has 0 bridgehead atoms. The molecule has 1 atom stereocenters. The second kappa shape index (κ2) is 4.58. The standard InChI is InChI=1S/C9H11NO6S/c1-15-9(12)6-4-3-5(16-6)7(8(10)11)17(2,13)14/h3-4,7H,1-2H3,(H2,10,11). The number of sulfone groups is 1. The molecule has 0 fully saturated rings. The zero-order valence-corrected chi connectivity index (χ0v) is 9.98. The number of methoxy groups -OCH3 is 1. The summed E-state index contributed by atoms with van der Waals surface area (Å²) in [6, 6.07) is 2.41. The lowest BCUT2D eigenvalue weighted by molar-refractivity contribution is -0.118. The summed E-state index contributed by atoms with van der Waals surface area (Å²) < 4.78 is 32.0. The first kappa shape index (κ1) is 13.2. The second-order valence-electron chi connectivity index (χ2n) is 3.31. The molecule has 1 heterocycles. The minimum atomic E-state index is -3.76. The number of ether oxygens (including phenoxy) is 1. The zero-order valence-electron chi connectivity index (χ0n) is 9.17. The average Bonchev–Trinajstić information content (AvgIpc) is 2.62. The molecule has 0 aliphatic carbocycles. The normalized spacial score (nSPS) is 13.1. The van der Waals surface area contributed by atoms with Crippen molar-refractivity contribution in [2.45, 2.75) is 5.25 Å². The van der Waals surface area contributed by atoms with Crippen LogP contribution in [0.4, 0.5) is 0 Å². The molecule has 7 nitrogen and oxygen atoms in total. The van der Waals surface area contributed by atoms with Crippen molar-refractivity contribution in [1.29, 1.82) is 0 Å². The summed E-state index contributed by atoms with van der Waals surface area (Å²) >= 11 is 0. The molecule has 0 spiro atoms. The topological polar surface area (TPSA) is 117 Å². The van der Waals surface area contributed by atoms with Crippen LogP contribution < -0.4 is 5.73 Å². The molecule has 1 aromatic rings. The number of hydrogen-bond donors (Lipinski definition) is 1. The summed E-state index contributed by atoms with van der Waals surface area (Å²) in [6.07, 6.45) is 0.850. The van der Waals surface area contributed by atoms with Crippen molar-refractivity contribution in [3.05, 3.63) is 23.7 Å². The molecule has 94 valence electrons. The molecule has 0 radical (unpaired) electrons. The van der Waals surface area contributed by atoms with Crippen molar-refractivity contribution in [2.75, 3.05) is 13.4 Å². The van der Waals surface area contributed by atoms with Crippen LogP contribution in [0, 0.1) is 0 Å². The largest absolute Gasteiger partial charge is 0.463 e. The summed E-state index contributed by atoms with van der Waals surface area (Å²) in [5, 5.41) is -1.61. The Hall–Kier alpha value is -1.83. The fraction of sp³-hybridized carbons (Fsp3) is 0.333. The number of furan rings is 1. The van der Waals surface area contributed by atoms with Crippen LogP contribution in [0.2, 0.25) is 0 Å². The first-order valence-electron chi connectivity index (χ1n) is 4.43. The third-order valence-electron chi connectivity index (χ3n) is 1.96. The predicted molar refractivity (Wildman–Crippen MR) is 56.8 cm³/mol. The van der Waals surface area contributed by atoms with E-state index >= 15 is 0 Å². The van der Waals surface area contributed by atoms with Gasteiger partial charge in [0.25, 0.3) is 0 Å². The first-order chi connectivity index (χ1) is 7.77. The Bertz CT molecular complexity index is 544. The SMILES string of the molecule is COC(=O)c1ccc(C(C(N)=O)S(C)(=O)=O)o1. The highest BCUT2D eigenvalue weighted by molar-refractivity contribution is 7.91. The highest BCUT2D eigenvalue weighted by Gasteiger charge is 2.32. The fourth-order valence-corrected chi connectivity index (χ4v) is 2.24. The lowest BCUT2D eigenvalue weighted by atomic mass is 10.3. The number of primary amides is 1. The van der Waals surface area contributed by atoms with E-state index in [1.807, 2.05) is 0 Å². The number of hydrogen-bond acceptors (Lipinski definition) is 6. The molecular weight excluding hydrogens is 250 g/mol. The zero-order chi connectivity index (χ0) is 13.2. The van der Waals surface area contributed by atoms with Crippen molar-refractivity contribution in [2.24, 2.45) is 5.73 Å². The lowest BCUT2D eigenvalue weighted by Crippen LogP contribution is -2.27. The Labute approximate surface area is 97.5 Å². The van der Waals surface area contributed by atoms with E-state index in [-0.39, 0.29) is 11.5 Å². The van der Waals surface area contributed by atoms with E-state index < -0.39 is 27.0 Å². The Morgan fingerprint density at radius 3 is 2.41 bits per heavy atom. The van der Waals surface area contributed by atoms with Gasteiger partial charge < -0.3 is 14.9 Å². The van der Waals surface area contributed by atoms with E-state index in [1.54, 1.807) is 0 Å². The highest BCUT2D eigenvalue weighted by atomic mass is 32.2. The summed E-state index contributed by atoms with van der Waals surface area (Å²) in [5.74, 6) is -2.25. The van der Waals surface area contributed by atoms with E-state index in [0.717, 1.165) is 13.4 Å². The summed E-state index contributed by atoms with van der Waals surface area (Å²) in [6.45, 7) is 0. The number of rotatable bonds is 4. The molecule has 0 saturated carbocycles. The molecule has 0 aromatic carbocycles. The van der Waals surface area contributed by atoms with Crippen LogP contribution in [-0.2, 0) is 19.4 Å². The van der Waals surface area contributed by atoms with Gasteiger partial charge in [0.05, 0.1) is 7.11 Å². The number of carbonyl (C=O) groups is 2. The van der Waals surface area contributed by atoms with Crippen molar-refractivity contribution in [3.63, 3.8) is 0 Å². The summed E-state index contributed by atoms with van der Waals surface area (Å²) in [7, 11) is -2.61. The van der Waals surface area contributed by atoms with Gasteiger partial charge in [-0.1, -0.05) is 0 Å². The lowest BCUT2D eigenvalue weighted by Gasteiger charge is -2.07. The maximum atomic E-state index is 11.3. The Morgan fingerprint density at radius 2 is 2.00 bits per heavy atom. The molecule has 0 aliphatic heterocycles. The van der Waals surface area contributed by atoms with Gasteiger partial charge in [0.15, 0.2) is 15.1 Å². The molecule has 2 N–H and O–H groups in total. The van der Waals surface area contributed by atoms with Crippen LogP contribution in [0.1, 0.15) is 21.6 Å². The van der Waals surface area contributed by atoms with Gasteiger partial charge >= 0.3 is 5.97 Å². The van der Waals surface area contributed by atoms with Gasteiger partial charge in [-0.05, 0) is 12.1 Å². The van der Waals surface area contributed by atoms with E-state index in [4.69, 9.17) is 10.2 Å². The number of nitrogens with two attached hydrogens (primary N) is 1. The molecule has 0 saturated heterocycles. The van der Waals surface area contributed by atoms with Gasteiger partial charge in [0.2, 0.25) is 11.7 Å². The number of amides is 1. The van der Waals surface area contributed by atoms with Crippen LogP contribution in [-0.4, -0.2) is 33.7 Å². The third kappa shape index (κ3) is 2.84. The molecule has 1 rings (SSSR count). The van der Waals surface area contributed by atoms with Crippen molar-refractivity contribution >= 4 is 21.7 Å². The molecular formula is C9H11NO6S. The van der Waals surface area contributed by atoms with Gasteiger partial charge in [-0.2, -0.15) is 0 Å². The van der Waals surface area contributed by atoms with Crippen molar-refractivity contribution in [3.8, 4) is 0 Å². The summed E-state index contributed by atoms with van der Waals surface area (Å²) in [5.41, 5.74) is 4.98. The van der Waals surface area contributed by atoms with Crippen LogP contribution in [0.25, 0.3) is 0 Å². The van der Waals surface area contributed by atoms with Crippen LogP contribution in [0.15, 0.2) is 16.5 Å². The molecule has 1 unspecified atom stereocenters. The van der Waals surface area contributed by atoms with Crippen molar-refractivity contribution < 1.29 is 27.2 Å². The third-order valence-corrected chi connectivity index (χ3v) is 3.28. The minimum absolute atomic E-state index is 0.197. The van der Waals surface area contributed by atoms with E-state index in [1.165, 1.54) is 12.1 Å².